The van der Waals surface area contributed by atoms with Crippen molar-refractivity contribution in [3.05, 3.63) is 52.8 Å². The summed E-state index contributed by atoms with van der Waals surface area (Å²) in [6.07, 6.45) is 0. The summed E-state index contributed by atoms with van der Waals surface area (Å²) in [6.45, 7) is 0. The number of halogens is 2. The van der Waals surface area contributed by atoms with E-state index in [1.807, 2.05) is 18.2 Å². The highest BCUT2D eigenvalue weighted by molar-refractivity contribution is 9.10. The average Bonchev–Trinajstić information content (AvgIpc) is 2.40. The standard InChI is InChI=1S/C14H12BrFN2OS/c15-9-2-1-3-10(6-9)18-14(19)8-20-11-4-5-13(17)12(16)7-11/h1-7H,8,17H2,(H,18,19). The van der Waals surface area contributed by atoms with Crippen LogP contribution in [0.1, 0.15) is 0 Å². The molecule has 1 amide bonds. The second-order valence-electron chi connectivity index (χ2n) is 4.03. The van der Waals surface area contributed by atoms with Gasteiger partial charge in [-0.2, -0.15) is 0 Å². The first kappa shape index (κ1) is 14.9. The van der Waals surface area contributed by atoms with Crippen LogP contribution in [0.15, 0.2) is 51.8 Å². The molecule has 0 saturated heterocycles. The van der Waals surface area contributed by atoms with Gasteiger partial charge in [-0.15, -0.1) is 11.8 Å². The molecule has 0 aliphatic heterocycles. The zero-order chi connectivity index (χ0) is 14.5. The molecule has 6 heteroatoms. The highest BCUT2D eigenvalue weighted by Gasteiger charge is 2.06. The number of nitrogens with two attached hydrogens (primary N) is 1. The molecule has 0 radical (unpaired) electrons. The molecule has 3 nitrogen and oxygen atoms in total. The number of rotatable bonds is 4. The Balaban J connectivity index is 1.90. The minimum Gasteiger partial charge on any atom is -0.396 e. The summed E-state index contributed by atoms with van der Waals surface area (Å²) in [6, 6.07) is 11.8. The van der Waals surface area contributed by atoms with Crippen LogP contribution < -0.4 is 11.1 Å². The molecule has 0 spiro atoms. The van der Waals surface area contributed by atoms with Gasteiger partial charge in [-0.1, -0.05) is 22.0 Å². The average molecular weight is 355 g/mol. The summed E-state index contributed by atoms with van der Waals surface area (Å²) in [7, 11) is 0. The van der Waals surface area contributed by atoms with Gasteiger partial charge in [-0.3, -0.25) is 4.79 Å². The number of thioether (sulfide) groups is 1. The van der Waals surface area contributed by atoms with E-state index in [1.54, 1.807) is 12.1 Å². The maximum absolute atomic E-state index is 13.3. The second-order valence-corrected chi connectivity index (χ2v) is 5.99. The van der Waals surface area contributed by atoms with Crippen molar-refractivity contribution in [1.82, 2.24) is 0 Å². The van der Waals surface area contributed by atoms with Crippen molar-refractivity contribution in [2.45, 2.75) is 4.90 Å². The lowest BCUT2D eigenvalue weighted by atomic mass is 10.3. The Morgan fingerprint density at radius 1 is 1.30 bits per heavy atom. The highest BCUT2D eigenvalue weighted by atomic mass is 79.9. The van der Waals surface area contributed by atoms with Crippen molar-refractivity contribution in [2.24, 2.45) is 0 Å². The van der Waals surface area contributed by atoms with E-state index in [4.69, 9.17) is 5.73 Å². The smallest absolute Gasteiger partial charge is 0.234 e. The lowest BCUT2D eigenvalue weighted by Crippen LogP contribution is -2.13. The van der Waals surface area contributed by atoms with Crippen molar-refractivity contribution in [3.8, 4) is 0 Å². The van der Waals surface area contributed by atoms with Crippen molar-refractivity contribution < 1.29 is 9.18 Å². The van der Waals surface area contributed by atoms with Crippen LogP contribution in [0.3, 0.4) is 0 Å². The number of hydrogen-bond donors (Lipinski definition) is 2. The van der Waals surface area contributed by atoms with Gasteiger partial charge >= 0.3 is 0 Å². The van der Waals surface area contributed by atoms with Gasteiger partial charge in [0, 0.05) is 15.1 Å². The van der Waals surface area contributed by atoms with Crippen LogP contribution in [0.25, 0.3) is 0 Å². The van der Waals surface area contributed by atoms with Crippen LogP contribution >= 0.6 is 27.7 Å². The number of nitrogen functional groups attached to an aromatic ring is 1. The molecule has 0 bridgehead atoms. The molecule has 0 fully saturated rings. The maximum atomic E-state index is 13.3. The Hall–Kier alpha value is -1.53. The molecule has 2 rings (SSSR count). The first-order valence-corrected chi connectivity index (χ1v) is 7.56. The molecule has 0 aliphatic carbocycles. The molecule has 2 aromatic rings. The third-order valence-electron chi connectivity index (χ3n) is 2.45. The summed E-state index contributed by atoms with van der Waals surface area (Å²) in [5.41, 5.74) is 6.21. The SMILES string of the molecule is Nc1ccc(SCC(=O)Nc2cccc(Br)c2)cc1F. The number of carbonyl (C=O) groups excluding carboxylic acids is 1. The molecule has 0 heterocycles. The largest absolute Gasteiger partial charge is 0.396 e. The molecule has 2 aromatic carbocycles. The third kappa shape index (κ3) is 4.25. The van der Waals surface area contributed by atoms with Crippen LogP contribution in [0, 0.1) is 5.82 Å². The molecule has 0 saturated carbocycles. The number of hydrogen-bond acceptors (Lipinski definition) is 3. The van der Waals surface area contributed by atoms with E-state index in [9.17, 15) is 9.18 Å². The van der Waals surface area contributed by atoms with Crippen molar-refractivity contribution in [1.29, 1.82) is 0 Å². The van der Waals surface area contributed by atoms with Gasteiger partial charge in [0.2, 0.25) is 5.91 Å². The van der Waals surface area contributed by atoms with E-state index in [1.165, 1.54) is 23.9 Å². The van der Waals surface area contributed by atoms with Gasteiger partial charge in [0.15, 0.2) is 0 Å². The Morgan fingerprint density at radius 2 is 2.10 bits per heavy atom. The van der Waals surface area contributed by atoms with E-state index in [0.717, 1.165) is 4.47 Å². The normalized spacial score (nSPS) is 10.3. The lowest BCUT2D eigenvalue weighted by molar-refractivity contribution is -0.113. The molecule has 0 unspecified atom stereocenters. The predicted octanol–water partition coefficient (Wildman–Crippen LogP) is 3.90. The van der Waals surface area contributed by atoms with E-state index in [0.29, 0.717) is 10.6 Å². The minimum atomic E-state index is -0.470. The summed E-state index contributed by atoms with van der Waals surface area (Å²) in [4.78, 5) is 12.5. The van der Waals surface area contributed by atoms with Crippen LogP contribution in [-0.4, -0.2) is 11.7 Å². The number of anilines is 2. The van der Waals surface area contributed by atoms with Gasteiger partial charge in [0.1, 0.15) is 5.82 Å². The second kappa shape index (κ2) is 6.76. The Kier molecular flexibility index (Phi) is 5.03. The zero-order valence-electron chi connectivity index (χ0n) is 10.4. The number of benzene rings is 2. The van der Waals surface area contributed by atoms with Crippen molar-refractivity contribution >= 4 is 45.0 Å². The fraction of sp³-hybridized carbons (Fsp3) is 0.0714. The van der Waals surface area contributed by atoms with Crippen LogP contribution in [0.4, 0.5) is 15.8 Å². The fourth-order valence-electron chi connectivity index (χ4n) is 1.51. The van der Waals surface area contributed by atoms with Crippen LogP contribution in [0.5, 0.6) is 0 Å². The highest BCUT2D eigenvalue weighted by Crippen LogP contribution is 2.22. The molecular weight excluding hydrogens is 343 g/mol. The lowest BCUT2D eigenvalue weighted by Gasteiger charge is -2.06. The van der Waals surface area contributed by atoms with Gasteiger partial charge in [-0.05, 0) is 36.4 Å². The predicted molar refractivity (Wildman–Crippen MR) is 84.3 cm³/mol. The minimum absolute atomic E-state index is 0.105. The molecule has 0 aliphatic rings. The van der Waals surface area contributed by atoms with Crippen molar-refractivity contribution in [2.75, 3.05) is 16.8 Å². The Labute approximate surface area is 128 Å². The quantitative estimate of drug-likeness (QED) is 0.646. The Bertz CT molecular complexity index is 636. The summed E-state index contributed by atoms with van der Waals surface area (Å²) < 4.78 is 14.1. The first-order chi connectivity index (χ1) is 9.54. The van der Waals surface area contributed by atoms with Crippen LogP contribution in [0.2, 0.25) is 0 Å². The van der Waals surface area contributed by atoms with Gasteiger partial charge < -0.3 is 11.1 Å². The third-order valence-corrected chi connectivity index (χ3v) is 3.94. The molecule has 104 valence electrons. The molecular formula is C14H12BrFN2OS. The van der Waals surface area contributed by atoms with Crippen LogP contribution in [-0.2, 0) is 4.79 Å². The Morgan fingerprint density at radius 3 is 2.80 bits per heavy atom. The molecule has 0 aromatic heterocycles. The van der Waals surface area contributed by atoms with Gasteiger partial charge in [-0.25, -0.2) is 4.39 Å². The van der Waals surface area contributed by atoms with E-state index < -0.39 is 5.82 Å². The zero-order valence-corrected chi connectivity index (χ0v) is 12.8. The van der Waals surface area contributed by atoms with Gasteiger partial charge in [0.25, 0.3) is 0 Å². The summed E-state index contributed by atoms with van der Waals surface area (Å²) in [5, 5.41) is 2.77. The molecule has 20 heavy (non-hydrogen) atoms. The summed E-state index contributed by atoms with van der Waals surface area (Å²) in [5.74, 6) is -0.414. The van der Waals surface area contributed by atoms with Gasteiger partial charge in [0.05, 0.1) is 11.4 Å². The topological polar surface area (TPSA) is 55.1 Å². The number of amides is 1. The molecule has 0 atom stereocenters. The fourth-order valence-corrected chi connectivity index (χ4v) is 2.63. The monoisotopic (exact) mass is 354 g/mol. The van der Waals surface area contributed by atoms with E-state index >= 15 is 0 Å². The van der Waals surface area contributed by atoms with E-state index in [-0.39, 0.29) is 17.3 Å². The summed E-state index contributed by atoms with van der Waals surface area (Å²) >= 11 is 4.59. The molecule has 3 N–H and O–H groups in total. The first-order valence-electron chi connectivity index (χ1n) is 5.78. The van der Waals surface area contributed by atoms with Crippen molar-refractivity contribution in [3.63, 3.8) is 0 Å². The van der Waals surface area contributed by atoms with E-state index in [2.05, 4.69) is 21.2 Å². The number of carbonyl (C=O) groups is 1. The maximum Gasteiger partial charge on any atom is 0.234 e. The number of nitrogens with one attached hydrogen (secondary N) is 1.